The average molecular weight is 175 g/mol. The third-order valence-electron chi connectivity index (χ3n) is 2.30. The molecule has 2 rings (SSSR count). The summed E-state index contributed by atoms with van der Waals surface area (Å²) in [4.78, 5) is 0. The predicted molar refractivity (Wildman–Crippen MR) is 53.3 cm³/mol. The van der Waals surface area contributed by atoms with Crippen molar-refractivity contribution < 1.29 is 0 Å². The van der Waals surface area contributed by atoms with Crippen LogP contribution in [-0.2, 0) is 7.05 Å². The van der Waals surface area contributed by atoms with Crippen molar-refractivity contribution in [3.63, 3.8) is 0 Å². The van der Waals surface area contributed by atoms with Crippen molar-refractivity contribution in [2.75, 3.05) is 0 Å². The molecule has 0 radical (unpaired) electrons. The number of nitrogens with zero attached hydrogens (tertiary/aromatic N) is 2. The van der Waals surface area contributed by atoms with Crippen molar-refractivity contribution in [1.82, 2.24) is 9.78 Å². The highest BCUT2D eigenvalue weighted by Crippen LogP contribution is 2.18. The Morgan fingerprint density at radius 1 is 1.46 bits per heavy atom. The fourth-order valence-corrected chi connectivity index (χ4v) is 1.44. The van der Waals surface area contributed by atoms with E-state index in [9.17, 15) is 0 Å². The van der Waals surface area contributed by atoms with Gasteiger partial charge in [-0.2, -0.15) is 5.10 Å². The Hall–Kier alpha value is -1.35. The van der Waals surface area contributed by atoms with Crippen molar-refractivity contribution in [1.29, 1.82) is 0 Å². The second kappa shape index (κ2) is 2.85. The second-order valence-electron chi connectivity index (χ2n) is 3.38. The molecule has 0 saturated heterocycles. The van der Waals surface area contributed by atoms with Crippen LogP contribution in [0.2, 0.25) is 0 Å². The summed E-state index contributed by atoms with van der Waals surface area (Å²) in [7, 11) is 1.94. The average Bonchev–Trinajstić information content (AvgIpc) is 2.47. The Kier molecular flexibility index (Phi) is 1.81. The van der Waals surface area contributed by atoms with Gasteiger partial charge in [-0.25, -0.2) is 0 Å². The van der Waals surface area contributed by atoms with Crippen LogP contribution in [0.25, 0.3) is 10.9 Å². The summed E-state index contributed by atoms with van der Waals surface area (Å²) in [5, 5.41) is 5.33. The number of rotatable bonds is 1. The zero-order valence-corrected chi connectivity index (χ0v) is 7.86. The highest BCUT2D eigenvalue weighted by Gasteiger charge is 2.03. The van der Waals surface area contributed by atoms with Crippen LogP contribution >= 0.6 is 0 Å². The van der Waals surface area contributed by atoms with Gasteiger partial charge in [0.15, 0.2) is 0 Å². The molecule has 1 aromatic carbocycles. The molecule has 0 saturated carbocycles. The molecule has 2 aromatic rings. The van der Waals surface area contributed by atoms with Gasteiger partial charge >= 0.3 is 0 Å². The van der Waals surface area contributed by atoms with Gasteiger partial charge in [0.05, 0.1) is 11.7 Å². The smallest absolute Gasteiger partial charge is 0.0682 e. The van der Waals surface area contributed by atoms with Crippen LogP contribution in [0.5, 0.6) is 0 Å². The summed E-state index contributed by atoms with van der Waals surface area (Å²) in [6.07, 6.45) is 1.86. The zero-order valence-electron chi connectivity index (χ0n) is 7.86. The largest absolute Gasteiger partial charge is 0.324 e. The fourth-order valence-electron chi connectivity index (χ4n) is 1.44. The van der Waals surface area contributed by atoms with Crippen LogP contribution in [0.3, 0.4) is 0 Å². The third-order valence-corrected chi connectivity index (χ3v) is 2.30. The van der Waals surface area contributed by atoms with E-state index in [1.54, 1.807) is 0 Å². The maximum absolute atomic E-state index is 5.79. The van der Waals surface area contributed by atoms with Crippen LogP contribution in [0.4, 0.5) is 0 Å². The Balaban J connectivity index is 2.66. The summed E-state index contributed by atoms with van der Waals surface area (Å²) in [5.41, 5.74) is 8.08. The van der Waals surface area contributed by atoms with Gasteiger partial charge in [-0.3, -0.25) is 4.68 Å². The number of aromatic nitrogens is 2. The van der Waals surface area contributed by atoms with E-state index in [0.29, 0.717) is 0 Å². The number of fused-ring (bicyclic) bond motifs is 1. The second-order valence-corrected chi connectivity index (χ2v) is 3.38. The van der Waals surface area contributed by atoms with E-state index in [0.717, 1.165) is 16.5 Å². The number of aryl methyl sites for hydroxylation is 1. The molecule has 1 atom stereocenters. The first-order valence-corrected chi connectivity index (χ1v) is 4.36. The molecule has 0 unspecified atom stereocenters. The minimum atomic E-state index is 0.0827. The topological polar surface area (TPSA) is 43.8 Å². The van der Waals surface area contributed by atoms with Gasteiger partial charge in [-0.15, -0.1) is 0 Å². The van der Waals surface area contributed by atoms with Crippen molar-refractivity contribution in [3.8, 4) is 0 Å². The minimum Gasteiger partial charge on any atom is -0.324 e. The van der Waals surface area contributed by atoms with Gasteiger partial charge in [0.2, 0.25) is 0 Å². The van der Waals surface area contributed by atoms with Gasteiger partial charge < -0.3 is 5.73 Å². The third kappa shape index (κ3) is 1.31. The van der Waals surface area contributed by atoms with Crippen LogP contribution in [0, 0.1) is 0 Å². The molecule has 2 N–H and O–H groups in total. The Morgan fingerprint density at radius 3 is 2.92 bits per heavy atom. The van der Waals surface area contributed by atoms with E-state index in [-0.39, 0.29) is 6.04 Å². The van der Waals surface area contributed by atoms with Crippen LogP contribution in [0.1, 0.15) is 18.5 Å². The first-order chi connectivity index (χ1) is 6.18. The fraction of sp³-hybridized carbons (Fsp3) is 0.300. The lowest BCUT2D eigenvalue weighted by Gasteiger charge is -2.05. The van der Waals surface area contributed by atoms with Crippen LogP contribution in [0.15, 0.2) is 24.4 Å². The molecular weight excluding hydrogens is 162 g/mol. The minimum absolute atomic E-state index is 0.0827. The van der Waals surface area contributed by atoms with Crippen LogP contribution < -0.4 is 5.73 Å². The Labute approximate surface area is 77.2 Å². The van der Waals surface area contributed by atoms with Gasteiger partial charge in [-0.05, 0) is 18.6 Å². The molecule has 3 heteroatoms. The molecule has 0 amide bonds. The van der Waals surface area contributed by atoms with Gasteiger partial charge in [-0.1, -0.05) is 12.1 Å². The molecule has 1 aromatic heterocycles. The van der Waals surface area contributed by atoms with Crippen molar-refractivity contribution >= 4 is 10.9 Å². The van der Waals surface area contributed by atoms with E-state index in [1.807, 2.05) is 24.9 Å². The molecule has 0 aliphatic heterocycles. The van der Waals surface area contributed by atoms with Gasteiger partial charge in [0.1, 0.15) is 0 Å². The maximum atomic E-state index is 5.79. The molecule has 13 heavy (non-hydrogen) atoms. The van der Waals surface area contributed by atoms with Crippen LogP contribution in [-0.4, -0.2) is 9.78 Å². The van der Waals surface area contributed by atoms with E-state index in [2.05, 4.69) is 23.3 Å². The number of hydrogen-bond acceptors (Lipinski definition) is 2. The standard InChI is InChI=1S/C10H13N3/c1-7(11)8-3-4-9-6-12-13(2)10(9)5-8/h3-7H,11H2,1-2H3/t7-/m0/s1. The van der Waals surface area contributed by atoms with Crippen molar-refractivity contribution in [3.05, 3.63) is 30.0 Å². The Morgan fingerprint density at radius 2 is 2.23 bits per heavy atom. The molecule has 0 aliphatic rings. The van der Waals surface area contributed by atoms with E-state index < -0.39 is 0 Å². The lowest BCUT2D eigenvalue weighted by molar-refractivity contribution is 0.790. The number of hydrogen-bond donors (Lipinski definition) is 1. The molecule has 1 heterocycles. The maximum Gasteiger partial charge on any atom is 0.0682 e. The van der Waals surface area contributed by atoms with Gasteiger partial charge in [0.25, 0.3) is 0 Å². The molecule has 0 aliphatic carbocycles. The highest BCUT2D eigenvalue weighted by atomic mass is 15.2. The quantitative estimate of drug-likeness (QED) is 0.715. The van der Waals surface area contributed by atoms with Crippen molar-refractivity contribution in [2.24, 2.45) is 12.8 Å². The Bertz CT molecular complexity index is 429. The molecule has 0 spiro atoms. The molecule has 0 bridgehead atoms. The lowest BCUT2D eigenvalue weighted by atomic mass is 10.1. The lowest BCUT2D eigenvalue weighted by Crippen LogP contribution is -2.04. The SMILES string of the molecule is C[C@H](N)c1ccc2cnn(C)c2c1. The zero-order chi connectivity index (χ0) is 9.42. The summed E-state index contributed by atoms with van der Waals surface area (Å²) in [6, 6.07) is 6.28. The summed E-state index contributed by atoms with van der Waals surface area (Å²) in [6.45, 7) is 1.98. The summed E-state index contributed by atoms with van der Waals surface area (Å²) < 4.78 is 1.86. The molecule has 0 fully saturated rings. The summed E-state index contributed by atoms with van der Waals surface area (Å²) in [5.74, 6) is 0. The van der Waals surface area contributed by atoms with E-state index >= 15 is 0 Å². The van der Waals surface area contributed by atoms with Crippen molar-refractivity contribution in [2.45, 2.75) is 13.0 Å². The first kappa shape index (κ1) is 8.26. The molecular formula is C10H13N3. The van der Waals surface area contributed by atoms with E-state index in [1.165, 1.54) is 0 Å². The molecule has 3 nitrogen and oxygen atoms in total. The number of benzene rings is 1. The number of nitrogens with two attached hydrogens (primary N) is 1. The normalized spacial score (nSPS) is 13.5. The highest BCUT2D eigenvalue weighted by molar-refractivity contribution is 5.79. The van der Waals surface area contributed by atoms with E-state index in [4.69, 9.17) is 5.73 Å². The molecule has 68 valence electrons. The monoisotopic (exact) mass is 175 g/mol. The first-order valence-electron chi connectivity index (χ1n) is 4.36. The van der Waals surface area contributed by atoms with Gasteiger partial charge in [0, 0.05) is 18.5 Å². The summed E-state index contributed by atoms with van der Waals surface area (Å²) >= 11 is 0. The predicted octanol–water partition coefficient (Wildman–Crippen LogP) is 1.59.